The van der Waals surface area contributed by atoms with Gasteiger partial charge in [-0.1, -0.05) is 12.1 Å². The summed E-state index contributed by atoms with van der Waals surface area (Å²) in [4.78, 5) is 25.9. The number of carbonyl (C=O) groups is 2. The molecule has 0 bridgehead atoms. The number of hydrogen-bond acceptors (Lipinski definition) is 3. The number of benzene rings is 1. The van der Waals surface area contributed by atoms with Crippen LogP contribution in [0.4, 0.5) is 4.39 Å². The lowest BCUT2D eigenvalue weighted by molar-refractivity contribution is -0.120. The second-order valence-electron chi connectivity index (χ2n) is 6.34. The second-order valence-corrected chi connectivity index (χ2v) is 6.34. The maximum Gasteiger partial charge on any atom is 0.259 e. The molecule has 0 aliphatic carbocycles. The molecule has 3 aromatic rings. The molecule has 0 aliphatic rings. The van der Waals surface area contributed by atoms with E-state index < -0.39 is 5.82 Å². The second kappa shape index (κ2) is 8.51. The van der Waals surface area contributed by atoms with Crippen LogP contribution in [0.15, 0.2) is 55.0 Å². The molecule has 3 rings (SSSR count). The van der Waals surface area contributed by atoms with Crippen molar-refractivity contribution in [2.75, 3.05) is 20.6 Å². The lowest BCUT2D eigenvalue weighted by Crippen LogP contribution is -2.29. The number of aromatic nitrogens is 3. The fourth-order valence-corrected chi connectivity index (χ4v) is 2.93. The summed E-state index contributed by atoms with van der Waals surface area (Å²) in [5.74, 6) is -0.292. The Labute approximate surface area is 162 Å². The molecule has 28 heavy (non-hydrogen) atoms. The number of amides is 2. The van der Waals surface area contributed by atoms with Gasteiger partial charge in [0.15, 0.2) is 5.82 Å². The monoisotopic (exact) mass is 383 g/mol. The number of para-hydroxylation sites is 1. The number of nitrogens with one attached hydrogen (secondary N) is 1. The lowest BCUT2D eigenvalue weighted by atomic mass is 10.2. The quantitative estimate of drug-likeness (QED) is 0.681. The Morgan fingerprint density at radius 2 is 1.89 bits per heavy atom. The van der Waals surface area contributed by atoms with Crippen LogP contribution >= 0.6 is 0 Å². The van der Waals surface area contributed by atoms with Crippen LogP contribution in [0.5, 0.6) is 0 Å². The summed E-state index contributed by atoms with van der Waals surface area (Å²) in [5, 5.41) is 6.83. The van der Waals surface area contributed by atoms with Gasteiger partial charge in [-0.3, -0.25) is 9.59 Å². The van der Waals surface area contributed by atoms with Gasteiger partial charge in [-0.2, -0.15) is 5.10 Å². The molecule has 7 nitrogen and oxygen atoms in total. The minimum absolute atomic E-state index is 0.0683. The maximum atomic E-state index is 14.3. The molecule has 8 heteroatoms. The highest BCUT2D eigenvalue weighted by Crippen LogP contribution is 2.22. The van der Waals surface area contributed by atoms with Crippen molar-refractivity contribution in [1.82, 2.24) is 24.6 Å². The number of nitrogens with zero attached hydrogens (tertiary/aromatic N) is 4. The molecule has 0 saturated carbocycles. The van der Waals surface area contributed by atoms with E-state index in [2.05, 4.69) is 10.4 Å². The normalized spacial score (nSPS) is 10.7. The molecular weight excluding hydrogens is 361 g/mol. The van der Waals surface area contributed by atoms with Crippen LogP contribution < -0.4 is 5.32 Å². The highest BCUT2D eigenvalue weighted by atomic mass is 19.1. The zero-order valence-corrected chi connectivity index (χ0v) is 15.8. The largest absolute Gasteiger partial charge is 0.359 e. The van der Waals surface area contributed by atoms with E-state index in [0.29, 0.717) is 30.8 Å². The summed E-state index contributed by atoms with van der Waals surface area (Å²) >= 11 is 0. The fourth-order valence-electron chi connectivity index (χ4n) is 2.93. The number of carbonyl (C=O) groups excluding carboxylic acids is 2. The SMILES string of the molecule is CNC(=O)CCCN(C)C(=O)c1cnn(-c2ccccc2F)c1-n1cccc1. The Bertz CT molecular complexity index is 965. The van der Waals surface area contributed by atoms with E-state index in [4.69, 9.17) is 0 Å². The summed E-state index contributed by atoms with van der Waals surface area (Å²) in [7, 11) is 3.25. The van der Waals surface area contributed by atoms with Gasteiger partial charge in [-0.25, -0.2) is 9.07 Å². The van der Waals surface area contributed by atoms with Crippen LogP contribution in [-0.4, -0.2) is 51.7 Å². The van der Waals surface area contributed by atoms with Gasteiger partial charge in [0.2, 0.25) is 5.91 Å². The number of rotatable bonds is 7. The van der Waals surface area contributed by atoms with Crippen molar-refractivity contribution >= 4 is 11.8 Å². The maximum absolute atomic E-state index is 14.3. The molecule has 1 aromatic carbocycles. The van der Waals surface area contributed by atoms with Crippen molar-refractivity contribution < 1.29 is 14.0 Å². The molecule has 2 heterocycles. The molecule has 1 N–H and O–H groups in total. The highest BCUT2D eigenvalue weighted by molar-refractivity contribution is 5.97. The first-order valence-electron chi connectivity index (χ1n) is 8.95. The van der Waals surface area contributed by atoms with Crippen LogP contribution in [0.25, 0.3) is 11.5 Å². The van der Waals surface area contributed by atoms with Crippen LogP contribution in [0.2, 0.25) is 0 Å². The van der Waals surface area contributed by atoms with Gasteiger partial charge >= 0.3 is 0 Å². The van der Waals surface area contributed by atoms with E-state index in [-0.39, 0.29) is 17.5 Å². The van der Waals surface area contributed by atoms with Gasteiger partial charge in [0.25, 0.3) is 5.91 Å². The van der Waals surface area contributed by atoms with Crippen molar-refractivity contribution in [2.24, 2.45) is 0 Å². The Kier molecular flexibility index (Phi) is 5.88. The van der Waals surface area contributed by atoms with Gasteiger partial charge in [0.1, 0.15) is 17.1 Å². The number of halogens is 1. The van der Waals surface area contributed by atoms with E-state index >= 15 is 0 Å². The van der Waals surface area contributed by atoms with E-state index in [9.17, 15) is 14.0 Å². The smallest absolute Gasteiger partial charge is 0.259 e. The standard InChI is InChI=1S/C20H22FN5O2/c1-22-18(27)10-7-11-24(2)20(28)15-14-23-26(17-9-4-3-8-16(17)21)19(15)25-12-5-6-13-25/h3-6,8-9,12-14H,7,10-11H2,1-2H3,(H,22,27). The van der Waals surface area contributed by atoms with Crippen molar-refractivity contribution in [3.05, 3.63) is 66.4 Å². The fraction of sp³-hybridized carbons (Fsp3) is 0.250. The summed E-state index contributed by atoms with van der Waals surface area (Å²) < 4.78 is 17.5. The molecule has 0 radical (unpaired) electrons. The van der Waals surface area contributed by atoms with Crippen molar-refractivity contribution in [3.63, 3.8) is 0 Å². The van der Waals surface area contributed by atoms with Crippen molar-refractivity contribution in [2.45, 2.75) is 12.8 Å². The highest BCUT2D eigenvalue weighted by Gasteiger charge is 2.23. The first kappa shape index (κ1) is 19.3. The number of hydrogen-bond donors (Lipinski definition) is 1. The summed E-state index contributed by atoms with van der Waals surface area (Å²) in [6.45, 7) is 0.419. The minimum atomic E-state index is -0.433. The first-order valence-corrected chi connectivity index (χ1v) is 8.95. The Hall–Kier alpha value is -3.42. The van der Waals surface area contributed by atoms with Gasteiger partial charge in [-0.15, -0.1) is 0 Å². The topological polar surface area (TPSA) is 72.2 Å². The van der Waals surface area contributed by atoms with Gasteiger partial charge in [0.05, 0.1) is 6.20 Å². The predicted octanol–water partition coefficient (Wildman–Crippen LogP) is 2.40. The third-order valence-electron chi connectivity index (χ3n) is 4.43. The van der Waals surface area contributed by atoms with Crippen LogP contribution in [0, 0.1) is 5.82 Å². The Morgan fingerprint density at radius 1 is 1.18 bits per heavy atom. The zero-order valence-electron chi connectivity index (χ0n) is 15.8. The lowest BCUT2D eigenvalue weighted by Gasteiger charge is -2.18. The van der Waals surface area contributed by atoms with Gasteiger partial charge < -0.3 is 14.8 Å². The molecule has 2 aromatic heterocycles. The molecule has 0 spiro atoms. The van der Waals surface area contributed by atoms with Crippen LogP contribution in [0.3, 0.4) is 0 Å². The minimum Gasteiger partial charge on any atom is -0.359 e. The third-order valence-corrected chi connectivity index (χ3v) is 4.43. The molecule has 0 saturated heterocycles. The van der Waals surface area contributed by atoms with Crippen LogP contribution in [0.1, 0.15) is 23.2 Å². The van der Waals surface area contributed by atoms with E-state index in [1.807, 2.05) is 12.1 Å². The van der Waals surface area contributed by atoms with Crippen molar-refractivity contribution in [1.29, 1.82) is 0 Å². The molecule has 0 aliphatic heterocycles. The van der Waals surface area contributed by atoms with Gasteiger partial charge in [0, 0.05) is 39.5 Å². The average Bonchev–Trinajstić information content (AvgIpc) is 3.36. The van der Waals surface area contributed by atoms with E-state index in [1.165, 1.54) is 16.9 Å². The third kappa shape index (κ3) is 3.95. The van der Waals surface area contributed by atoms with E-state index in [1.54, 1.807) is 54.2 Å². The van der Waals surface area contributed by atoms with Gasteiger partial charge in [-0.05, 0) is 30.7 Å². The summed E-state index contributed by atoms with van der Waals surface area (Å²) in [5.41, 5.74) is 0.606. The Balaban J connectivity index is 1.92. The predicted molar refractivity (Wildman–Crippen MR) is 103 cm³/mol. The molecule has 0 unspecified atom stereocenters. The summed E-state index contributed by atoms with van der Waals surface area (Å²) in [6, 6.07) is 9.91. The molecule has 0 atom stereocenters. The Morgan fingerprint density at radius 3 is 2.57 bits per heavy atom. The molecule has 2 amide bonds. The van der Waals surface area contributed by atoms with E-state index in [0.717, 1.165) is 0 Å². The van der Waals surface area contributed by atoms with Crippen LogP contribution in [-0.2, 0) is 4.79 Å². The molecule has 146 valence electrons. The first-order chi connectivity index (χ1) is 13.5. The summed E-state index contributed by atoms with van der Waals surface area (Å²) in [6.07, 6.45) is 5.88. The molecule has 0 fully saturated rings. The molecular formula is C20H22FN5O2. The average molecular weight is 383 g/mol. The van der Waals surface area contributed by atoms with Crippen molar-refractivity contribution in [3.8, 4) is 11.5 Å². The zero-order chi connectivity index (χ0) is 20.1.